The molecular weight excluding hydrogens is 174 g/mol. The van der Waals surface area contributed by atoms with Gasteiger partial charge in [-0.15, -0.1) is 0 Å². The van der Waals surface area contributed by atoms with Crippen LogP contribution in [0.3, 0.4) is 0 Å². The van der Waals surface area contributed by atoms with Crippen LogP contribution < -0.4 is 5.32 Å². The van der Waals surface area contributed by atoms with E-state index in [1.165, 1.54) is 25.0 Å². The number of aryl methyl sites for hydroxylation is 3. The van der Waals surface area contributed by atoms with E-state index in [1.54, 1.807) is 0 Å². The van der Waals surface area contributed by atoms with E-state index >= 15 is 0 Å². The number of rotatable bonds is 5. The molecule has 2 rings (SSSR count). The van der Waals surface area contributed by atoms with Gasteiger partial charge in [-0.25, -0.2) is 0 Å². The molecule has 0 atom stereocenters. The van der Waals surface area contributed by atoms with E-state index in [1.807, 2.05) is 6.92 Å². The normalized spacial score (nSPS) is 16.1. The number of hydrogen-bond donors (Lipinski definition) is 1. The van der Waals surface area contributed by atoms with Gasteiger partial charge in [0.2, 0.25) is 0 Å². The Hall–Kier alpha value is -0.830. The number of nitrogens with one attached hydrogen (secondary N) is 1. The maximum Gasteiger partial charge on any atom is 0.0596 e. The Balaban J connectivity index is 1.70. The molecule has 0 spiro atoms. The van der Waals surface area contributed by atoms with Gasteiger partial charge < -0.3 is 5.32 Å². The fourth-order valence-corrected chi connectivity index (χ4v) is 1.72. The van der Waals surface area contributed by atoms with Crippen LogP contribution in [0.5, 0.6) is 0 Å². The highest BCUT2D eigenvalue weighted by molar-refractivity contribution is 5.06. The Morgan fingerprint density at radius 3 is 2.86 bits per heavy atom. The summed E-state index contributed by atoms with van der Waals surface area (Å²) in [7, 11) is 0. The minimum Gasteiger partial charge on any atom is -0.314 e. The fourth-order valence-electron chi connectivity index (χ4n) is 1.72. The Bertz CT molecular complexity index is 299. The number of hydrogen-bond acceptors (Lipinski definition) is 2. The van der Waals surface area contributed by atoms with Gasteiger partial charge in [-0.05, 0) is 45.7 Å². The summed E-state index contributed by atoms with van der Waals surface area (Å²) in [4.78, 5) is 0. The smallest absolute Gasteiger partial charge is 0.0596 e. The van der Waals surface area contributed by atoms with Gasteiger partial charge in [0.05, 0.1) is 5.69 Å². The summed E-state index contributed by atoms with van der Waals surface area (Å²) in [6.45, 7) is 6.34. The van der Waals surface area contributed by atoms with Gasteiger partial charge in [0.15, 0.2) is 0 Å². The minimum absolute atomic E-state index is 0.829. The third-order valence-electron chi connectivity index (χ3n) is 2.66. The van der Waals surface area contributed by atoms with Crippen LogP contribution >= 0.6 is 0 Å². The van der Waals surface area contributed by atoms with Crippen LogP contribution in [0.2, 0.25) is 0 Å². The zero-order valence-electron chi connectivity index (χ0n) is 9.08. The van der Waals surface area contributed by atoms with Gasteiger partial charge in [0, 0.05) is 18.3 Å². The van der Waals surface area contributed by atoms with E-state index in [-0.39, 0.29) is 0 Å². The third kappa shape index (κ3) is 2.58. The second kappa shape index (κ2) is 4.13. The molecule has 0 aliphatic heterocycles. The number of aromatic nitrogens is 2. The van der Waals surface area contributed by atoms with E-state index in [9.17, 15) is 0 Å². The maximum absolute atomic E-state index is 4.43. The van der Waals surface area contributed by atoms with Crippen LogP contribution in [0.15, 0.2) is 6.07 Å². The first kappa shape index (κ1) is 9.71. The zero-order valence-corrected chi connectivity index (χ0v) is 9.08. The van der Waals surface area contributed by atoms with Crippen molar-refractivity contribution in [2.24, 2.45) is 0 Å². The van der Waals surface area contributed by atoms with E-state index < -0.39 is 0 Å². The molecular formula is C11H19N3. The Kier molecular flexibility index (Phi) is 2.87. The molecule has 0 aromatic carbocycles. The molecule has 0 bridgehead atoms. The van der Waals surface area contributed by atoms with Crippen molar-refractivity contribution in [3.05, 3.63) is 17.5 Å². The summed E-state index contributed by atoms with van der Waals surface area (Å²) < 4.78 is 2.10. The maximum atomic E-state index is 4.43. The minimum atomic E-state index is 0.829. The first-order valence-electron chi connectivity index (χ1n) is 5.50. The summed E-state index contributed by atoms with van der Waals surface area (Å²) in [5.41, 5.74) is 2.39. The summed E-state index contributed by atoms with van der Waals surface area (Å²) in [5, 5.41) is 7.94. The molecule has 1 fully saturated rings. The molecule has 1 aromatic rings. The lowest BCUT2D eigenvalue weighted by Crippen LogP contribution is -2.19. The molecule has 14 heavy (non-hydrogen) atoms. The first-order chi connectivity index (χ1) is 6.75. The zero-order chi connectivity index (χ0) is 9.97. The third-order valence-corrected chi connectivity index (χ3v) is 2.66. The van der Waals surface area contributed by atoms with Crippen molar-refractivity contribution in [2.45, 2.75) is 45.7 Å². The van der Waals surface area contributed by atoms with Crippen molar-refractivity contribution in [1.29, 1.82) is 0 Å². The SMILES string of the molecule is Cc1cc(C)n(CCCNC2CC2)n1. The van der Waals surface area contributed by atoms with Crippen LogP contribution in [0.25, 0.3) is 0 Å². The number of nitrogens with zero attached hydrogens (tertiary/aromatic N) is 2. The molecule has 1 aliphatic carbocycles. The molecule has 0 amide bonds. The molecule has 1 aromatic heterocycles. The Labute approximate surface area is 85.5 Å². The average molecular weight is 193 g/mol. The molecule has 1 N–H and O–H groups in total. The monoisotopic (exact) mass is 193 g/mol. The highest BCUT2D eigenvalue weighted by atomic mass is 15.3. The molecule has 0 saturated heterocycles. The van der Waals surface area contributed by atoms with Crippen LogP contribution in [0.1, 0.15) is 30.7 Å². The molecule has 0 unspecified atom stereocenters. The van der Waals surface area contributed by atoms with Crippen molar-refractivity contribution in [1.82, 2.24) is 15.1 Å². The molecule has 3 nitrogen and oxygen atoms in total. The van der Waals surface area contributed by atoms with Crippen LogP contribution in [0, 0.1) is 13.8 Å². The molecule has 0 radical (unpaired) electrons. The van der Waals surface area contributed by atoms with E-state index in [0.717, 1.165) is 24.8 Å². The lowest BCUT2D eigenvalue weighted by molar-refractivity contribution is 0.531. The highest BCUT2D eigenvalue weighted by Gasteiger charge is 2.19. The first-order valence-corrected chi connectivity index (χ1v) is 5.50. The van der Waals surface area contributed by atoms with E-state index in [4.69, 9.17) is 0 Å². The largest absolute Gasteiger partial charge is 0.314 e. The molecule has 1 heterocycles. The molecule has 1 aliphatic rings. The van der Waals surface area contributed by atoms with Crippen LogP contribution in [0.4, 0.5) is 0 Å². The standard InChI is InChI=1S/C11H19N3/c1-9-8-10(2)14(13-9)7-3-6-12-11-4-5-11/h8,11-12H,3-7H2,1-2H3. The average Bonchev–Trinajstić information content (AvgIpc) is 2.88. The van der Waals surface area contributed by atoms with Crippen molar-refractivity contribution in [2.75, 3.05) is 6.54 Å². The predicted octanol–water partition coefficient (Wildman–Crippen LogP) is 1.64. The topological polar surface area (TPSA) is 29.9 Å². The lowest BCUT2D eigenvalue weighted by Gasteiger charge is -2.04. The van der Waals surface area contributed by atoms with Crippen molar-refractivity contribution >= 4 is 0 Å². The van der Waals surface area contributed by atoms with Gasteiger partial charge in [-0.3, -0.25) is 4.68 Å². The fraction of sp³-hybridized carbons (Fsp3) is 0.727. The highest BCUT2D eigenvalue weighted by Crippen LogP contribution is 2.18. The Morgan fingerprint density at radius 2 is 2.29 bits per heavy atom. The van der Waals surface area contributed by atoms with Gasteiger partial charge in [0.1, 0.15) is 0 Å². The van der Waals surface area contributed by atoms with Gasteiger partial charge in [0.25, 0.3) is 0 Å². The lowest BCUT2D eigenvalue weighted by atomic mass is 10.4. The summed E-state index contributed by atoms with van der Waals surface area (Å²) in [6, 6.07) is 2.96. The van der Waals surface area contributed by atoms with Crippen molar-refractivity contribution < 1.29 is 0 Å². The second-order valence-corrected chi connectivity index (χ2v) is 4.23. The van der Waals surface area contributed by atoms with E-state index in [2.05, 4.69) is 28.1 Å². The quantitative estimate of drug-likeness (QED) is 0.720. The summed E-state index contributed by atoms with van der Waals surface area (Å²) in [5.74, 6) is 0. The van der Waals surface area contributed by atoms with Crippen molar-refractivity contribution in [3.8, 4) is 0 Å². The van der Waals surface area contributed by atoms with Crippen LogP contribution in [-0.4, -0.2) is 22.4 Å². The molecule has 1 saturated carbocycles. The summed E-state index contributed by atoms with van der Waals surface area (Å²) in [6.07, 6.45) is 3.93. The van der Waals surface area contributed by atoms with Gasteiger partial charge in [-0.1, -0.05) is 0 Å². The van der Waals surface area contributed by atoms with Gasteiger partial charge >= 0.3 is 0 Å². The predicted molar refractivity (Wildman–Crippen MR) is 57.3 cm³/mol. The molecule has 3 heteroatoms. The second-order valence-electron chi connectivity index (χ2n) is 4.23. The summed E-state index contributed by atoms with van der Waals surface area (Å²) >= 11 is 0. The molecule has 78 valence electrons. The Morgan fingerprint density at radius 1 is 1.50 bits per heavy atom. The van der Waals surface area contributed by atoms with Gasteiger partial charge in [-0.2, -0.15) is 5.10 Å². The van der Waals surface area contributed by atoms with Crippen molar-refractivity contribution in [3.63, 3.8) is 0 Å². The van der Waals surface area contributed by atoms with E-state index in [0.29, 0.717) is 0 Å². The van der Waals surface area contributed by atoms with Crippen LogP contribution in [-0.2, 0) is 6.54 Å².